The summed E-state index contributed by atoms with van der Waals surface area (Å²) in [5.74, 6) is 3.30. The van der Waals surface area contributed by atoms with Gasteiger partial charge in [0, 0.05) is 18.4 Å². The third-order valence-electron chi connectivity index (χ3n) is 5.00. The number of carbonyl (C=O) groups is 1. The minimum atomic E-state index is 0.230. The maximum Gasteiger partial charge on any atom is 0.220 e. The molecule has 2 bridgehead atoms. The van der Waals surface area contributed by atoms with E-state index in [9.17, 15) is 4.79 Å². The molecule has 0 aromatic carbocycles. The van der Waals surface area contributed by atoms with E-state index in [0.717, 1.165) is 31.0 Å². The van der Waals surface area contributed by atoms with Gasteiger partial charge in [0.25, 0.3) is 0 Å². The SMILES string of the molecule is CC(NC(=O)CC1COC1)C1CC2CCC1C2. The van der Waals surface area contributed by atoms with E-state index in [-0.39, 0.29) is 5.91 Å². The van der Waals surface area contributed by atoms with Gasteiger partial charge in [-0.15, -0.1) is 0 Å². The Kier molecular flexibility index (Phi) is 3.12. The zero-order valence-electron chi connectivity index (χ0n) is 10.7. The molecule has 3 fully saturated rings. The molecule has 3 aliphatic rings. The molecule has 1 N–H and O–H groups in total. The van der Waals surface area contributed by atoms with E-state index in [4.69, 9.17) is 4.74 Å². The van der Waals surface area contributed by atoms with E-state index in [2.05, 4.69) is 12.2 Å². The largest absolute Gasteiger partial charge is 0.381 e. The summed E-state index contributed by atoms with van der Waals surface area (Å²) in [6, 6.07) is 0.374. The second kappa shape index (κ2) is 4.60. The van der Waals surface area contributed by atoms with Gasteiger partial charge in [0.1, 0.15) is 0 Å². The van der Waals surface area contributed by atoms with Crippen molar-refractivity contribution in [2.75, 3.05) is 13.2 Å². The molecule has 1 heterocycles. The Morgan fingerprint density at radius 3 is 2.71 bits per heavy atom. The fourth-order valence-electron chi connectivity index (χ4n) is 3.99. The summed E-state index contributed by atoms with van der Waals surface area (Å²) in [7, 11) is 0. The monoisotopic (exact) mass is 237 g/mol. The van der Waals surface area contributed by atoms with Crippen LogP contribution in [0.1, 0.15) is 39.0 Å². The molecule has 0 aromatic rings. The van der Waals surface area contributed by atoms with E-state index in [1.54, 1.807) is 0 Å². The molecule has 1 aliphatic heterocycles. The third-order valence-corrected chi connectivity index (χ3v) is 5.00. The highest BCUT2D eigenvalue weighted by atomic mass is 16.5. The molecule has 2 saturated carbocycles. The number of carbonyl (C=O) groups excluding carboxylic acids is 1. The highest BCUT2D eigenvalue weighted by Gasteiger charge is 2.42. The molecule has 3 nitrogen and oxygen atoms in total. The van der Waals surface area contributed by atoms with Gasteiger partial charge < -0.3 is 10.1 Å². The number of nitrogens with one attached hydrogen (secondary N) is 1. The van der Waals surface area contributed by atoms with E-state index >= 15 is 0 Å². The van der Waals surface area contributed by atoms with E-state index in [1.165, 1.54) is 25.7 Å². The predicted octanol–water partition coefficient (Wildman–Crippen LogP) is 1.96. The quantitative estimate of drug-likeness (QED) is 0.811. The van der Waals surface area contributed by atoms with Gasteiger partial charge in [-0.1, -0.05) is 6.42 Å². The molecular weight excluding hydrogens is 214 g/mol. The van der Waals surface area contributed by atoms with Crippen LogP contribution in [0, 0.1) is 23.7 Å². The molecule has 0 spiro atoms. The fraction of sp³-hybridized carbons (Fsp3) is 0.929. The van der Waals surface area contributed by atoms with Crippen LogP contribution in [0.4, 0.5) is 0 Å². The minimum Gasteiger partial charge on any atom is -0.381 e. The molecule has 4 atom stereocenters. The first-order valence-corrected chi connectivity index (χ1v) is 7.09. The van der Waals surface area contributed by atoms with Crippen molar-refractivity contribution >= 4 is 5.91 Å². The molecule has 1 saturated heterocycles. The number of amides is 1. The Bertz CT molecular complexity index is 301. The van der Waals surface area contributed by atoms with Crippen LogP contribution < -0.4 is 5.32 Å². The van der Waals surface area contributed by atoms with Crippen LogP contribution >= 0.6 is 0 Å². The number of hydrogen-bond donors (Lipinski definition) is 1. The van der Waals surface area contributed by atoms with Crippen LogP contribution in [0.3, 0.4) is 0 Å². The Morgan fingerprint density at radius 1 is 1.35 bits per heavy atom. The van der Waals surface area contributed by atoms with E-state index in [0.29, 0.717) is 18.4 Å². The number of ether oxygens (including phenoxy) is 1. The van der Waals surface area contributed by atoms with Crippen molar-refractivity contribution < 1.29 is 9.53 Å². The zero-order chi connectivity index (χ0) is 11.8. The highest BCUT2D eigenvalue weighted by molar-refractivity contribution is 5.76. The lowest BCUT2D eigenvalue weighted by Crippen LogP contribution is -2.42. The van der Waals surface area contributed by atoms with Gasteiger partial charge in [-0.3, -0.25) is 4.79 Å². The molecule has 3 rings (SSSR count). The summed E-state index contributed by atoms with van der Waals surface area (Å²) in [5.41, 5.74) is 0. The van der Waals surface area contributed by atoms with Crippen molar-refractivity contribution in [1.82, 2.24) is 5.32 Å². The first-order valence-electron chi connectivity index (χ1n) is 7.09. The average Bonchev–Trinajstić information content (AvgIpc) is 2.85. The Labute approximate surface area is 103 Å². The lowest BCUT2D eigenvalue weighted by Gasteiger charge is -2.30. The molecule has 2 aliphatic carbocycles. The summed E-state index contributed by atoms with van der Waals surface area (Å²) in [5, 5.41) is 3.21. The Morgan fingerprint density at radius 2 is 2.18 bits per heavy atom. The summed E-state index contributed by atoms with van der Waals surface area (Å²) in [4.78, 5) is 11.9. The van der Waals surface area contributed by atoms with Crippen LogP contribution in [-0.4, -0.2) is 25.2 Å². The molecule has 0 radical (unpaired) electrons. The third kappa shape index (κ3) is 2.35. The Balaban J connectivity index is 1.46. The maximum atomic E-state index is 11.9. The van der Waals surface area contributed by atoms with E-state index in [1.807, 2.05) is 0 Å². The topological polar surface area (TPSA) is 38.3 Å². The normalized spacial score (nSPS) is 37.8. The van der Waals surface area contributed by atoms with Crippen molar-refractivity contribution in [2.45, 2.75) is 45.1 Å². The number of hydrogen-bond acceptors (Lipinski definition) is 2. The number of rotatable bonds is 4. The number of fused-ring (bicyclic) bond motifs is 2. The molecule has 96 valence electrons. The second-order valence-electron chi connectivity index (χ2n) is 6.30. The molecular formula is C14H23NO2. The predicted molar refractivity (Wildman–Crippen MR) is 65.5 cm³/mol. The maximum absolute atomic E-state index is 11.9. The summed E-state index contributed by atoms with van der Waals surface area (Å²) >= 11 is 0. The second-order valence-corrected chi connectivity index (χ2v) is 6.30. The van der Waals surface area contributed by atoms with Gasteiger partial charge in [0.2, 0.25) is 5.91 Å². The van der Waals surface area contributed by atoms with Crippen LogP contribution in [0.2, 0.25) is 0 Å². The first kappa shape index (κ1) is 11.5. The summed E-state index contributed by atoms with van der Waals surface area (Å²) in [6.07, 6.45) is 6.25. The molecule has 17 heavy (non-hydrogen) atoms. The standard InChI is InChI=1S/C14H23NO2/c1-9(13-5-10-2-3-12(13)4-10)15-14(16)6-11-7-17-8-11/h9-13H,2-8H2,1H3,(H,15,16). The highest BCUT2D eigenvalue weighted by Crippen LogP contribution is 2.49. The average molecular weight is 237 g/mol. The van der Waals surface area contributed by atoms with Gasteiger partial charge >= 0.3 is 0 Å². The summed E-state index contributed by atoms with van der Waals surface area (Å²) < 4.78 is 5.10. The van der Waals surface area contributed by atoms with Gasteiger partial charge in [-0.2, -0.15) is 0 Å². The smallest absolute Gasteiger partial charge is 0.220 e. The van der Waals surface area contributed by atoms with Crippen LogP contribution in [-0.2, 0) is 9.53 Å². The Hall–Kier alpha value is -0.570. The lowest BCUT2D eigenvalue weighted by atomic mass is 9.84. The molecule has 4 unspecified atom stereocenters. The van der Waals surface area contributed by atoms with Gasteiger partial charge in [-0.05, 0) is 43.9 Å². The summed E-state index contributed by atoms with van der Waals surface area (Å²) in [6.45, 7) is 3.74. The van der Waals surface area contributed by atoms with Crippen molar-refractivity contribution in [2.24, 2.45) is 23.7 Å². The van der Waals surface area contributed by atoms with Gasteiger partial charge in [0.15, 0.2) is 0 Å². The van der Waals surface area contributed by atoms with Crippen molar-refractivity contribution in [3.05, 3.63) is 0 Å². The van der Waals surface area contributed by atoms with E-state index < -0.39 is 0 Å². The lowest BCUT2D eigenvalue weighted by molar-refractivity contribution is -0.127. The van der Waals surface area contributed by atoms with Crippen molar-refractivity contribution in [3.63, 3.8) is 0 Å². The molecule has 0 aromatic heterocycles. The molecule has 3 heteroatoms. The van der Waals surface area contributed by atoms with Crippen molar-refractivity contribution in [1.29, 1.82) is 0 Å². The van der Waals surface area contributed by atoms with Crippen LogP contribution in [0.5, 0.6) is 0 Å². The minimum absolute atomic E-state index is 0.230. The van der Waals surface area contributed by atoms with Crippen LogP contribution in [0.25, 0.3) is 0 Å². The zero-order valence-corrected chi connectivity index (χ0v) is 10.7. The fourth-order valence-corrected chi connectivity index (χ4v) is 3.99. The van der Waals surface area contributed by atoms with Crippen LogP contribution in [0.15, 0.2) is 0 Å². The first-order chi connectivity index (χ1) is 8.22. The molecule has 1 amide bonds. The van der Waals surface area contributed by atoms with Crippen molar-refractivity contribution in [3.8, 4) is 0 Å². The van der Waals surface area contributed by atoms with Gasteiger partial charge in [0.05, 0.1) is 13.2 Å². The van der Waals surface area contributed by atoms with Gasteiger partial charge in [-0.25, -0.2) is 0 Å².